The molecule has 0 fully saturated rings. The Morgan fingerprint density at radius 3 is 2.12 bits per heavy atom. The van der Waals surface area contributed by atoms with E-state index >= 15 is 0 Å². The highest BCUT2D eigenvalue weighted by molar-refractivity contribution is 5.15. The highest BCUT2D eigenvalue weighted by atomic mass is 19.4. The molecule has 0 aliphatic rings. The molecule has 0 saturated carbocycles. The fraction of sp³-hybridized carbons (Fsp3) is 0.545. The molecule has 0 spiro atoms. The van der Waals surface area contributed by atoms with Crippen LogP contribution in [0.2, 0.25) is 0 Å². The Labute approximate surface area is 92.3 Å². The molecule has 2 nitrogen and oxygen atoms in total. The van der Waals surface area contributed by atoms with Crippen molar-refractivity contribution < 1.29 is 23.1 Å². The lowest BCUT2D eigenvalue weighted by atomic mass is 9.91. The fourth-order valence-corrected chi connectivity index (χ4v) is 1.38. The van der Waals surface area contributed by atoms with Gasteiger partial charge in [0.15, 0.2) is 0 Å². The third-order valence-corrected chi connectivity index (χ3v) is 2.77. The van der Waals surface area contributed by atoms with Crippen molar-refractivity contribution in [2.75, 3.05) is 0 Å². The molecule has 0 aromatic carbocycles. The molecule has 0 saturated heterocycles. The maximum absolute atomic E-state index is 12.4. The Bertz CT molecular complexity index is 374. The number of alkyl halides is 3. The summed E-state index contributed by atoms with van der Waals surface area (Å²) in [5.74, 6) is 0.400. The molecule has 90 valence electrons. The van der Waals surface area contributed by atoms with Gasteiger partial charge in [0.1, 0.15) is 0 Å². The summed E-state index contributed by atoms with van der Waals surface area (Å²) in [4.78, 5) is 0. The Kier molecular flexibility index (Phi) is 3.45. The predicted octanol–water partition coefficient (Wildman–Crippen LogP) is 2.99. The first-order valence-corrected chi connectivity index (χ1v) is 5.05. The summed E-state index contributed by atoms with van der Waals surface area (Å²) in [6.45, 7) is 5.86. The number of hydrogen-bond donors (Lipinski definition) is 1. The monoisotopic (exact) mass is 234 g/mol. The molecule has 1 atom stereocenters. The molecule has 1 heterocycles. The van der Waals surface area contributed by atoms with Crippen LogP contribution in [0, 0.1) is 5.92 Å². The van der Waals surface area contributed by atoms with E-state index in [0.717, 1.165) is 12.3 Å². The predicted molar refractivity (Wildman–Crippen MR) is 52.1 cm³/mol. The summed E-state index contributed by atoms with van der Waals surface area (Å²) < 4.78 is 37.2. The third-order valence-electron chi connectivity index (χ3n) is 2.77. The average Bonchev–Trinajstić information content (AvgIpc) is 2.14. The Balaban J connectivity index is 3.09. The second kappa shape index (κ2) is 4.31. The van der Waals surface area contributed by atoms with Crippen LogP contribution in [0.15, 0.2) is 18.3 Å². The maximum atomic E-state index is 12.4. The van der Waals surface area contributed by atoms with Crippen LogP contribution in [0.4, 0.5) is 13.2 Å². The fourth-order valence-electron chi connectivity index (χ4n) is 1.38. The van der Waals surface area contributed by atoms with Crippen LogP contribution in [-0.2, 0) is 6.18 Å². The van der Waals surface area contributed by atoms with Crippen LogP contribution in [0.25, 0.3) is 0 Å². The van der Waals surface area contributed by atoms with Gasteiger partial charge in [-0.2, -0.15) is 13.2 Å². The van der Waals surface area contributed by atoms with E-state index < -0.39 is 11.9 Å². The van der Waals surface area contributed by atoms with Crippen LogP contribution in [0.5, 0.6) is 0 Å². The summed E-state index contributed by atoms with van der Waals surface area (Å²) in [6.07, 6.45) is -3.41. The van der Waals surface area contributed by atoms with E-state index in [1.54, 1.807) is 0 Å². The SMILES string of the molecule is CC(C)[C@H](C)c1ccc(C(F)(F)F)[n+](O)c1. The number of halogens is 3. The Morgan fingerprint density at radius 1 is 1.19 bits per heavy atom. The van der Waals surface area contributed by atoms with Crippen LogP contribution in [0.3, 0.4) is 0 Å². The van der Waals surface area contributed by atoms with E-state index in [9.17, 15) is 18.4 Å². The summed E-state index contributed by atoms with van der Waals surface area (Å²) in [5.41, 5.74) is -0.377. The maximum Gasteiger partial charge on any atom is 0.482 e. The van der Waals surface area contributed by atoms with Crippen molar-refractivity contribution in [1.82, 2.24) is 0 Å². The minimum Gasteiger partial charge on any atom is -0.285 e. The zero-order valence-electron chi connectivity index (χ0n) is 9.42. The number of rotatable bonds is 2. The highest BCUT2D eigenvalue weighted by Gasteiger charge is 2.42. The Hall–Kier alpha value is -1.26. The van der Waals surface area contributed by atoms with Crippen LogP contribution >= 0.6 is 0 Å². The number of pyridine rings is 1. The van der Waals surface area contributed by atoms with Crippen molar-refractivity contribution in [2.24, 2.45) is 5.92 Å². The van der Waals surface area contributed by atoms with Crippen LogP contribution in [-0.4, -0.2) is 5.21 Å². The first kappa shape index (κ1) is 12.8. The standard InChI is InChI=1S/C11H15F3NO/c1-7(2)8(3)9-4-5-10(11(12,13)14)15(16)6-9/h4-8,16H,1-3H3/q+1/t8-/m0/s1. The quantitative estimate of drug-likeness (QED) is 0.617. The first-order valence-electron chi connectivity index (χ1n) is 5.05. The molecular formula is C11H15F3NO+. The summed E-state index contributed by atoms with van der Waals surface area (Å²) >= 11 is 0. The van der Waals surface area contributed by atoms with E-state index in [1.165, 1.54) is 6.07 Å². The van der Waals surface area contributed by atoms with Gasteiger partial charge in [0.25, 0.3) is 0 Å². The zero-order chi connectivity index (χ0) is 12.5. The molecular weight excluding hydrogens is 219 g/mol. The molecule has 1 aromatic rings. The van der Waals surface area contributed by atoms with Crippen LogP contribution in [0.1, 0.15) is 37.9 Å². The molecule has 1 rings (SSSR count). The van der Waals surface area contributed by atoms with Gasteiger partial charge in [0.2, 0.25) is 6.20 Å². The van der Waals surface area contributed by atoms with Crippen molar-refractivity contribution in [3.63, 3.8) is 0 Å². The molecule has 0 aliphatic heterocycles. The van der Waals surface area contributed by atoms with E-state index in [4.69, 9.17) is 0 Å². The van der Waals surface area contributed by atoms with Crippen molar-refractivity contribution >= 4 is 0 Å². The molecule has 0 radical (unpaired) electrons. The summed E-state index contributed by atoms with van der Waals surface area (Å²) in [7, 11) is 0. The first-order chi connectivity index (χ1) is 7.23. The zero-order valence-corrected chi connectivity index (χ0v) is 9.42. The molecule has 0 amide bonds. The molecule has 1 N–H and O–H groups in total. The molecule has 16 heavy (non-hydrogen) atoms. The topological polar surface area (TPSA) is 24.1 Å². The van der Waals surface area contributed by atoms with Crippen molar-refractivity contribution in [3.05, 3.63) is 29.6 Å². The number of aromatic nitrogens is 1. The minimum atomic E-state index is -4.53. The van der Waals surface area contributed by atoms with Gasteiger partial charge in [0, 0.05) is 16.4 Å². The van der Waals surface area contributed by atoms with E-state index in [1.807, 2.05) is 20.8 Å². The van der Waals surface area contributed by atoms with Crippen molar-refractivity contribution in [1.29, 1.82) is 0 Å². The van der Waals surface area contributed by atoms with Gasteiger partial charge < -0.3 is 0 Å². The van der Waals surface area contributed by atoms with Gasteiger partial charge >= 0.3 is 11.9 Å². The molecule has 0 aliphatic carbocycles. The minimum absolute atomic E-state index is 0.0979. The normalized spacial score (nSPS) is 14.2. The number of hydrogen-bond acceptors (Lipinski definition) is 1. The molecule has 0 bridgehead atoms. The van der Waals surface area contributed by atoms with Crippen molar-refractivity contribution in [3.8, 4) is 0 Å². The summed E-state index contributed by atoms with van der Waals surface area (Å²) in [6, 6.07) is 2.30. The molecule has 0 unspecified atom stereocenters. The van der Waals surface area contributed by atoms with Gasteiger partial charge in [-0.3, -0.25) is 5.21 Å². The van der Waals surface area contributed by atoms with Crippen molar-refractivity contribution in [2.45, 2.75) is 32.9 Å². The van der Waals surface area contributed by atoms with Gasteiger partial charge in [-0.15, -0.1) is 0 Å². The number of nitrogens with zero attached hydrogens (tertiary/aromatic N) is 1. The second-order valence-electron chi connectivity index (χ2n) is 4.22. The van der Waals surface area contributed by atoms with Gasteiger partial charge in [0.05, 0.1) is 0 Å². The van der Waals surface area contributed by atoms with Gasteiger partial charge in [-0.1, -0.05) is 20.8 Å². The third kappa shape index (κ3) is 2.65. The van der Waals surface area contributed by atoms with E-state index in [-0.39, 0.29) is 10.6 Å². The lowest BCUT2D eigenvalue weighted by Crippen LogP contribution is -2.39. The lowest BCUT2D eigenvalue weighted by molar-refractivity contribution is -0.915. The second-order valence-corrected chi connectivity index (χ2v) is 4.22. The average molecular weight is 234 g/mol. The lowest BCUT2D eigenvalue weighted by Gasteiger charge is -2.14. The van der Waals surface area contributed by atoms with Crippen LogP contribution < -0.4 is 4.73 Å². The van der Waals surface area contributed by atoms with E-state index in [2.05, 4.69) is 0 Å². The smallest absolute Gasteiger partial charge is 0.285 e. The summed E-state index contributed by atoms with van der Waals surface area (Å²) in [5, 5.41) is 9.25. The largest absolute Gasteiger partial charge is 0.482 e. The van der Waals surface area contributed by atoms with Gasteiger partial charge in [-0.05, 0) is 17.9 Å². The molecule has 1 aromatic heterocycles. The highest BCUT2D eigenvalue weighted by Crippen LogP contribution is 2.28. The Morgan fingerprint density at radius 2 is 1.75 bits per heavy atom. The van der Waals surface area contributed by atoms with Gasteiger partial charge in [-0.25, -0.2) is 0 Å². The molecule has 5 heteroatoms. The van der Waals surface area contributed by atoms with E-state index in [0.29, 0.717) is 11.5 Å².